The summed E-state index contributed by atoms with van der Waals surface area (Å²) in [5, 5.41) is 3.32. The third-order valence-electron chi connectivity index (χ3n) is 3.69. The Labute approximate surface area is 153 Å². The molecule has 0 heterocycles. The van der Waals surface area contributed by atoms with Crippen LogP contribution in [-0.4, -0.2) is 38.1 Å². The highest BCUT2D eigenvalue weighted by Gasteiger charge is 2.08. The molecule has 0 aromatic heterocycles. The zero-order chi connectivity index (χ0) is 18.2. The number of hydrogen-bond acceptors (Lipinski definition) is 4. The first-order valence-corrected chi connectivity index (χ1v) is 8.54. The van der Waals surface area contributed by atoms with Crippen LogP contribution in [0.2, 0.25) is 5.02 Å². The Morgan fingerprint density at radius 1 is 1.24 bits per heavy atom. The van der Waals surface area contributed by atoms with Gasteiger partial charge in [-0.15, -0.1) is 0 Å². The van der Waals surface area contributed by atoms with Crippen LogP contribution in [0.15, 0.2) is 42.5 Å². The van der Waals surface area contributed by atoms with Gasteiger partial charge in [0.15, 0.2) is 0 Å². The Morgan fingerprint density at radius 3 is 2.68 bits per heavy atom. The van der Waals surface area contributed by atoms with E-state index in [-0.39, 0.29) is 5.91 Å². The number of carbonyl (C=O) groups excluding carboxylic acids is 1. The summed E-state index contributed by atoms with van der Waals surface area (Å²) in [4.78, 5) is 14.1. The highest BCUT2D eigenvalue weighted by molar-refractivity contribution is 6.32. The fourth-order valence-corrected chi connectivity index (χ4v) is 2.50. The van der Waals surface area contributed by atoms with Gasteiger partial charge in [0.05, 0.1) is 5.02 Å². The molecule has 2 rings (SSSR count). The van der Waals surface area contributed by atoms with Crippen molar-refractivity contribution in [3.8, 4) is 5.75 Å². The van der Waals surface area contributed by atoms with Crippen LogP contribution in [0, 0.1) is 0 Å². The number of ether oxygens (including phenoxy) is 1. The van der Waals surface area contributed by atoms with E-state index in [9.17, 15) is 4.79 Å². The van der Waals surface area contributed by atoms with Crippen LogP contribution in [-0.2, 0) is 11.2 Å². The molecule has 6 heteroatoms. The summed E-state index contributed by atoms with van der Waals surface area (Å²) in [7, 11) is 3.96. The molecule has 25 heavy (non-hydrogen) atoms. The summed E-state index contributed by atoms with van der Waals surface area (Å²) in [6.07, 6.45) is 0.949. The van der Waals surface area contributed by atoms with Crippen LogP contribution >= 0.6 is 11.6 Å². The second-order valence-electron chi connectivity index (χ2n) is 6.04. The summed E-state index contributed by atoms with van der Waals surface area (Å²) in [6, 6.07) is 12.8. The van der Waals surface area contributed by atoms with Crippen molar-refractivity contribution in [3.05, 3.63) is 53.1 Å². The van der Waals surface area contributed by atoms with Crippen molar-refractivity contribution in [3.63, 3.8) is 0 Å². The lowest BCUT2D eigenvalue weighted by molar-refractivity contribution is -0.116. The van der Waals surface area contributed by atoms with Gasteiger partial charge in [-0.05, 0) is 50.3 Å². The summed E-state index contributed by atoms with van der Waals surface area (Å²) < 4.78 is 5.63. The van der Waals surface area contributed by atoms with E-state index in [0.29, 0.717) is 41.6 Å². The number of carbonyl (C=O) groups is 1. The molecule has 3 N–H and O–H groups in total. The Kier molecular flexibility index (Phi) is 7.10. The summed E-state index contributed by atoms with van der Waals surface area (Å²) in [5.74, 6) is 0.527. The predicted molar refractivity (Wildman–Crippen MR) is 103 cm³/mol. The Bertz CT molecular complexity index is 720. The van der Waals surface area contributed by atoms with Crippen LogP contribution in [0.5, 0.6) is 5.75 Å². The molecule has 0 atom stereocenters. The van der Waals surface area contributed by atoms with Crippen molar-refractivity contribution in [2.75, 3.05) is 38.3 Å². The number of amides is 1. The lowest BCUT2D eigenvalue weighted by Crippen LogP contribution is -2.19. The zero-order valence-corrected chi connectivity index (χ0v) is 15.3. The zero-order valence-electron chi connectivity index (χ0n) is 14.6. The molecule has 0 aliphatic rings. The molecule has 1 amide bonds. The van der Waals surface area contributed by atoms with Gasteiger partial charge >= 0.3 is 0 Å². The molecular formula is C19H24ClN3O2. The number of hydrogen-bond donors (Lipinski definition) is 2. The van der Waals surface area contributed by atoms with Gasteiger partial charge in [-0.2, -0.15) is 0 Å². The summed E-state index contributed by atoms with van der Waals surface area (Å²) >= 11 is 6.22. The van der Waals surface area contributed by atoms with E-state index in [2.05, 4.69) is 5.32 Å². The summed E-state index contributed by atoms with van der Waals surface area (Å²) in [6.45, 7) is 1.36. The first-order valence-electron chi connectivity index (χ1n) is 8.16. The number of nitrogens with zero attached hydrogens (tertiary/aromatic N) is 1. The lowest BCUT2D eigenvalue weighted by Gasteiger charge is -2.13. The number of anilines is 2. The maximum absolute atomic E-state index is 12.1. The van der Waals surface area contributed by atoms with E-state index in [1.54, 1.807) is 18.2 Å². The number of nitrogen functional groups attached to an aromatic ring is 1. The average molecular weight is 362 g/mol. The molecule has 0 bridgehead atoms. The molecule has 0 saturated carbocycles. The number of benzene rings is 2. The van der Waals surface area contributed by atoms with Crippen LogP contribution < -0.4 is 15.8 Å². The van der Waals surface area contributed by atoms with Crippen LogP contribution in [0.25, 0.3) is 0 Å². The first-order chi connectivity index (χ1) is 12.0. The van der Waals surface area contributed by atoms with Crippen molar-refractivity contribution in [2.24, 2.45) is 0 Å². The number of likely N-dealkylation sites (N-methyl/N-ethyl adjacent to an activating group) is 1. The van der Waals surface area contributed by atoms with Gasteiger partial charge in [-0.3, -0.25) is 4.79 Å². The second-order valence-corrected chi connectivity index (χ2v) is 6.45. The molecular weight excluding hydrogens is 338 g/mol. The van der Waals surface area contributed by atoms with Gasteiger partial charge < -0.3 is 20.7 Å². The minimum Gasteiger partial charge on any atom is -0.491 e. The maximum Gasteiger partial charge on any atom is 0.224 e. The number of halogens is 1. The number of para-hydroxylation sites is 1. The second kappa shape index (κ2) is 9.30. The minimum absolute atomic E-state index is 0.0828. The molecule has 0 aliphatic heterocycles. The maximum atomic E-state index is 12.1. The fourth-order valence-electron chi connectivity index (χ4n) is 2.27. The first kappa shape index (κ1) is 19.1. The molecule has 0 saturated heterocycles. The highest BCUT2D eigenvalue weighted by Crippen LogP contribution is 2.27. The van der Waals surface area contributed by atoms with E-state index >= 15 is 0 Å². The number of nitrogens with one attached hydrogen (secondary N) is 1. The summed E-state index contributed by atoms with van der Waals surface area (Å²) in [5.41, 5.74) is 8.22. The van der Waals surface area contributed by atoms with E-state index < -0.39 is 0 Å². The third kappa shape index (κ3) is 6.29. The van der Waals surface area contributed by atoms with Crippen molar-refractivity contribution >= 4 is 28.9 Å². The van der Waals surface area contributed by atoms with Crippen molar-refractivity contribution < 1.29 is 9.53 Å². The number of nitrogens with two attached hydrogens (primary N) is 1. The molecule has 2 aromatic rings. The van der Waals surface area contributed by atoms with Crippen molar-refractivity contribution in [1.29, 1.82) is 0 Å². The van der Waals surface area contributed by atoms with Crippen LogP contribution in [0.3, 0.4) is 0 Å². The molecule has 0 radical (unpaired) electrons. The third-order valence-corrected chi connectivity index (χ3v) is 3.98. The molecule has 134 valence electrons. The minimum atomic E-state index is -0.0828. The highest BCUT2D eigenvalue weighted by atomic mass is 35.5. The van der Waals surface area contributed by atoms with Gasteiger partial charge in [0.25, 0.3) is 0 Å². The van der Waals surface area contributed by atoms with Gasteiger partial charge in [-0.25, -0.2) is 0 Å². The van der Waals surface area contributed by atoms with E-state index in [1.165, 1.54) is 0 Å². The molecule has 2 aromatic carbocycles. The lowest BCUT2D eigenvalue weighted by atomic mass is 10.1. The number of rotatable bonds is 8. The largest absolute Gasteiger partial charge is 0.491 e. The normalized spacial score (nSPS) is 10.7. The Hall–Kier alpha value is -2.24. The predicted octanol–water partition coefficient (Wildman–Crippen LogP) is 3.43. The van der Waals surface area contributed by atoms with Crippen molar-refractivity contribution in [2.45, 2.75) is 12.8 Å². The van der Waals surface area contributed by atoms with Crippen LogP contribution in [0.4, 0.5) is 11.4 Å². The fraction of sp³-hybridized carbons (Fsp3) is 0.316. The van der Waals surface area contributed by atoms with Gasteiger partial charge in [-0.1, -0.05) is 29.8 Å². The average Bonchev–Trinajstić information content (AvgIpc) is 2.56. The topological polar surface area (TPSA) is 67.6 Å². The van der Waals surface area contributed by atoms with E-state index in [4.69, 9.17) is 22.1 Å². The Morgan fingerprint density at radius 2 is 2.00 bits per heavy atom. The van der Waals surface area contributed by atoms with Gasteiger partial charge in [0, 0.05) is 24.3 Å². The molecule has 0 unspecified atom stereocenters. The van der Waals surface area contributed by atoms with E-state index in [0.717, 1.165) is 12.1 Å². The smallest absolute Gasteiger partial charge is 0.224 e. The standard InChI is InChI=1S/C19H24ClN3O2/c1-23(2)11-12-25-18-9-8-15(13-16(18)20)22-19(24)10-7-14-5-3-4-6-17(14)21/h3-6,8-9,13H,7,10-12,21H2,1-2H3,(H,22,24). The quantitative estimate of drug-likeness (QED) is 0.707. The van der Waals surface area contributed by atoms with Crippen molar-refractivity contribution in [1.82, 2.24) is 4.90 Å². The van der Waals surface area contributed by atoms with Gasteiger partial charge in [0.1, 0.15) is 12.4 Å². The molecule has 5 nitrogen and oxygen atoms in total. The SMILES string of the molecule is CN(C)CCOc1ccc(NC(=O)CCc2ccccc2N)cc1Cl. The molecule has 0 fully saturated rings. The monoisotopic (exact) mass is 361 g/mol. The van der Waals surface area contributed by atoms with Crippen LogP contribution in [0.1, 0.15) is 12.0 Å². The number of aryl methyl sites for hydroxylation is 1. The van der Waals surface area contributed by atoms with Gasteiger partial charge in [0.2, 0.25) is 5.91 Å². The van der Waals surface area contributed by atoms with E-state index in [1.807, 2.05) is 43.3 Å². The molecule has 0 aliphatic carbocycles. The Balaban J connectivity index is 1.86. The molecule has 0 spiro atoms.